The third-order valence-electron chi connectivity index (χ3n) is 13.9. The molecule has 2 aromatic rings. The zero-order chi connectivity index (χ0) is 42.1. The second-order valence-electron chi connectivity index (χ2n) is 18.0. The van der Waals surface area contributed by atoms with Gasteiger partial charge in [0.15, 0.2) is 0 Å². The van der Waals surface area contributed by atoms with Crippen LogP contribution in [0.2, 0.25) is 0 Å². The van der Waals surface area contributed by atoms with E-state index in [-0.39, 0.29) is 19.5 Å². The molecule has 0 N–H and O–H groups in total. The summed E-state index contributed by atoms with van der Waals surface area (Å²) in [5, 5.41) is 0. The van der Waals surface area contributed by atoms with Crippen molar-refractivity contribution in [1.29, 1.82) is 0 Å². The van der Waals surface area contributed by atoms with Crippen LogP contribution >= 0.6 is 15.8 Å². The predicted octanol–water partition coefficient (Wildman–Crippen LogP) is 16.8. The topological polar surface area (TPSA) is 59.7 Å². The van der Waals surface area contributed by atoms with Gasteiger partial charge in [-0.1, -0.05) is 203 Å². The van der Waals surface area contributed by atoms with E-state index in [1.165, 1.54) is 83.6 Å². The van der Waals surface area contributed by atoms with Crippen molar-refractivity contribution in [3.05, 3.63) is 91.7 Å². The molecular formula is C53H82O3P2Ru. The zero-order valence-electron chi connectivity index (χ0n) is 37.4. The molecule has 6 aliphatic rings. The van der Waals surface area contributed by atoms with Gasteiger partial charge >= 0.3 is 33.9 Å². The van der Waals surface area contributed by atoms with Crippen LogP contribution in [-0.2, 0) is 33.4 Å². The summed E-state index contributed by atoms with van der Waals surface area (Å²) < 4.78 is 22.5. The fourth-order valence-electron chi connectivity index (χ4n) is 11.1. The monoisotopic (exact) mass is 930 g/mol. The first-order valence-corrected chi connectivity index (χ1v) is 27.0. The Morgan fingerprint density at radius 1 is 0.305 bits per heavy atom. The van der Waals surface area contributed by atoms with Gasteiger partial charge < -0.3 is 0 Å². The normalized spacial score (nSPS) is 20.8. The van der Waals surface area contributed by atoms with E-state index in [4.69, 9.17) is 14.0 Å². The minimum Gasteiger partial charge on any atom is 0 e. The Balaban J connectivity index is 0.000000405. The average Bonchev–Trinajstić information content (AvgIpc) is 3.32. The van der Waals surface area contributed by atoms with Crippen molar-refractivity contribution in [3.8, 4) is 0 Å². The second kappa shape index (κ2) is 37.7. The van der Waals surface area contributed by atoms with E-state index in [9.17, 15) is 0 Å². The largest absolute Gasteiger partial charge is 0 e. The summed E-state index contributed by atoms with van der Waals surface area (Å²) in [6.07, 6.45) is 47.2. The SMILES string of the molecule is C1CCC(P(C2CCCCC2)C2CCCCC2)CC1.C1CCC(P(C2CCCCC2)C2CCCCC2)CC1.Cc1ccccc1.Cc1ccccc1.[C-]#[O+].[C-]#[O+].[C-]#[O+].[Ru]. The second-order valence-corrected chi connectivity index (χ2v) is 24.1. The molecule has 6 fully saturated rings. The molecule has 0 unspecified atom stereocenters. The smallest absolute Gasteiger partial charge is 0 e. The van der Waals surface area contributed by atoms with Crippen LogP contribution in [0, 0.1) is 33.8 Å². The van der Waals surface area contributed by atoms with Gasteiger partial charge in [-0.15, -0.1) is 0 Å². The van der Waals surface area contributed by atoms with Gasteiger partial charge in [-0.05, 0) is 125 Å². The minimum atomic E-state index is 0. The van der Waals surface area contributed by atoms with Gasteiger partial charge in [-0.2, -0.15) is 0 Å². The summed E-state index contributed by atoms with van der Waals surface area (Å²) >= 11 is 0. The van der Waals surface area contributed by atoms with Crippen molar-refractivity contribution < 1.29 is 33.4 Å². The summed E-state index contributed by atoms with van der Waals surface area (Å²) in [5.74, 6) is 0. The standard InChI is InChI=1S/2C18H33P.2C7H8.3CO.Ru/c2*1-4-10-16(11-5-1)19(17-12-6-2-7-13-17)18-14-8-3-9-15-18;2*1-7-5-3-2-4-6-7;3*1-2;/h2*16-18H,1-15H2;2*2-6H,1H3;;;;. The molecule has 0 saturated heterocycles. The van der Waals surface area contributed by atoms with E-state index in [1.807, 2.05) is 36.4 Å². The van der Waals surface area contributed by atoms with Crippen molar-refractivity contribution >= 4 is 15.8 Å². The van der Waals surface area contributed by atoms with Crippen molar-refractivity contribution in [1.82, 2.24) is 0 Å². The quantitative estimate of drug-likeness (QED) is 0.120. The molecule has 0 atom stereocenters. The Labute approximate surface area is 379 Å². The van der Waals surface area contributed by atoms with Crippen molar-refractivity contribution in [2.45, 2.75) is 240 Å². The Morgan fingerprint density at radius 3 is 0.576 bits per heavy atom. The van der Waals surface area contributed by atoms with E-state index >= 15 is 0 Å². The molecule has 0 aromatic heterocycles. The van der Waals surface area contributed by atoms with Crippen LogP contribution < -0.4 is 0 Å². The third kappa shape index (κ3) is 22.9. The number of aryl methyl sites for hydroxylation is 2. The van der Waals surface area contributed by atoms with Crippen LogP contribution in [0.15, 0.2) is 60.7 Å². The summed E-state index contributed by atoms with van der Waals surface area (Å²) in [6.45, 7) is 17.7. The molecule has 0 spiro atoms. The summed E-state index contributed by atoms with van der Waals surface area (Å²) in [6, 6.07) is 20.5. The first kappa shape index (κ1) is 56.2. The maximum atomic E-state index is 7.50. The van der Waals surface area contributed by atoms with Crippen LogP contribution in [0.5, 0.6) is 0 Å². The molecule has 330 valence electrons. The molecule has 8 rings (SSSR count). The van der Waals surface area contributed by atoms with E-state index in [1.54, 1.807) is 154 Å². The Kier molecular flexibility index (Phi) is 35.9. The van der Waals surface area contributed by atoms with Crippen molar-refractivity contribution in [2.75, 3.05) is 0 Å². The van der Waals surface area contributed by atoms with E-state index < -0.39 is 0 Å². The molecule has 6 aliphatic carbocycles. The van der Waals surface area contributed by atoms with Gasteiger partial charge in [0.05, 0.1) is 0 Å². The van der Waals surface area contributed by atoms with E-state index in [0.29, 0.717) is 15.8 Å². The molecule has 0 amide bonds. The minimum absolute atomic E-state index is 0. The van der Waals surface area contributed by atoms with Crippen LogP contribution in [-0.4, -0.2) is 34.0 Å². The fraction of sp³-hybridized carbons (Fsp3) is 0.717. The maximum absolute atomic E-state index is 7.50. The number of hydrogen-bond donors (Lipinski definition) is 0. The predicted molar refractivity (Wildman–Crippen MR) is 249 cm³/mol. The third-order valence-corrected chi connectivity index (χ3v) is 22.0. The first-order valence-electron chi connectivity index (χ1n) is 23.9. The molecule has 0 radical (unpaired) electrons. The average molecular weight is 930 g/mol. The van der Waals surface area contributed by atoms with Gasteiger partial charge in [0.2, 0.25) is 0 Å². The van der Waals surface area contributed by atoms with Gasteiger partial charge in [-0.3, -0.25) is 0 Å². The maximum Gasteiger partial charge on any atom is 0 e. The molecule has 0 aliphatic heterocycles. The van der Waals surface area contributed by atoms with Gasteiger partial charge in [0, 0.05) is 19.5 Å². The molecule has 3 nitrogen and oxygen atoms in total. The first-order chi connectivity index (χ1) is 28.7. The van der Waals surface area contributed by atoms with E-state index in [2.05, 4.69) is 58.1 Å². The molecule has 6 heteroatoms. The summed E-state index contributed by atoms with van der Waals surface area (Å²) in [5.41, 5.74) is 9.78. The van der Waals surface area contributed by atoms with Crippen molar-refractivity contribution in [3.63, 3.8) is 0 Å². The summed E-state index contributed by atoms with van der Waals surface area (Å²) in [7, 11) is 0.770. The van der Waals surface area contributed by atoms with Gasteiger partial charge in [0.25, 0.3) is 0 Å². The van der Waals surface area contributed by atoms with Crippen LogP contribution in [0.25, 0.3) is 0 Å². The number of hydrogen-bond acceptors (Lipinski definition) is 0. The molecule has 2 aromatic carbocycles. The number of benzene rings is 2. The molecule has 0 bridgehead atoms. The fourth-order valence-corrected chi connectivity index (χ4v) is 20.5. The Bertz CT molecular complexity index is 1070. The Morgan fingerprint density at radius 2 is 0.458 bits per heavy atom. The Hall–Kier alpha value is -0.857. The van der Waals surface area contributed by atoms with Crippen molar-refractivity contribution in [2.24, 2.45) is 0 Å². The van der Waals surface area contributed by atoms with Crippen LogP contribution in [0.1, 0.15) is 204 Å². The van der Waals surface area contributed by atoms with Crippen LogP contribution in [0.3, 0.4) is 0 Å². The number of rotatable bonds is 6. The van der Waals surface area contributed by atoms with Gasteiger partial charge in [0.1, 0.15) is 0 Å². The molecular weight excluding hydrogens is 848 g/mol. The van der Waals surface area contributed by atoms with E-state index in [0.717, 1.165) is 0 Å². The van der Waals surface area contributed by atoms with Crippen LogP contribution in [0.4, 0.5) is 0 Å². The van der Waals surface area contributed by atoms with Gasteiger partial charge in [-0.25, -0.2) is 0 Å². The molecule has 0 heterocycles. The molecule has 59 heavy (non-hydrogen) atoms. The summed E-state index contributed by atoms with van der Waals surface area (Å²) in [4.78, 5) is 0. The molecule has 6 saturated carbocycles. The zero-order valence-corrected chi connectivity index (χ0v) is 41.0.